The summed E-state index contributed by atoms with van der Waals surface area (Å²) in [4.78, 5) is 16.9. The summed E-state index contributed by atoms with van der Waals surface area (Å²) in [6.07, 6.45) is 4.44. The molecule has 7 heteroatoms. The van der Waals surface area contributed by atoms with E-state index >= 15 is 0 Å². The number of carbonyl (C=O) groups excluding carboxylic acids is 1. The number of rotatable bonds is 6. The van der Waals surface area contributed by atoms with Crippen LogP contribution >= 0.6 is 0 Å². The van der Waals surface area contributed by atoms with Gasteiger partial charge in [0.1, 0.15) is 6.07 Å². The molecule has 2 aromatic carbocycles. The largest absolute Gasteiger partial charge is 0.493 e. The number of benzene rings is 2. The van der Waals surface area contributed by atoms with E-state index in [-0.39, 0.29) is 5.91 Å². The van der Waals surface area contributed by atoms with Crippen molar-refractivity contribution in [2.45, 2.75) is 6.54 Å². The standard InChI is InChI=1S/C24H19N5O2/c1-31-22-11-21(15-26-23(22)29-16-18(12-25)14-28-29)24(30)27-13-17-7-9-20(10-8-17)19-5-3-2-4-6-19/h2-11,14-16H,13H2,1H3,(H,27,30). The molecule has 0 unspecified atom stereocenters. The molecule has 0 fully saturated rings. The highest BCUT2D eigenvalue weighted by Gasteiger charge is 2.14. The van der Waals surface area contributed by atoms with E-state index < -0.39 is 0 Å². The highest BCUT2D eigenvalue weighted by Crippen LogP contribution is 2.22. The van der Waals surface area contributed by atoms with E-state index in [1.165, 1.54) is 24.2 Å². The van der Waals surface area contributed by atoms with Gasteiger partial charge in [0.05, 0.1) is 30.6 Å². The number of carbonyl (C=O) groups is 1. The molecular weight excluding hydrogens is 390 g/mol. The van der Waals surface area contributed by atoms with Crippen molar-refractivity contribution in [2.24, 2.45) is 0 Å². The van der Waals surface area contributed by atoms with Gasteiger partial charge in [-0.2, -0.15) is 10.4 Å². The highest BCUT2D eigenvalue weighted by atomic mass is 16.5. The van der Waals surface area contributed by atoms with E-state index in [1.807, 2.05) is 48.5 Å². The molecule has 152 valence electrons. The van der Waals surface area contributed by atoms with Crippen LogP contribution in [0.3, 0.4) is 0 Å². The zero-order valence-corrected chi connectivity index (χ0v) is 16.8. The van der Waals surface area contributed by atoms with E-state index in [0.29, 0.717) is 29.2 Å². The van der Waals surface area contributed by atoms with Gasteiger partial charge in [-0.1, -0.05) is 54.6 Å². The van der Waals surface area contributed by atoms with Gasteiger partial charge in [-0.15, -0.1) is 0 Å². The fraction of sp³-hybridized carbons (Fsp3) is 0.0833. The molecule has 1 N–H and O–H groups in total. The van der Waals surface area contributed by atoms with Crippen molar-refractivity contribution in [3.05, 3.63) is 95.9 Å². The SMILES string of the molecule is COc1cc(C(=O)NCc2ccc(-c3ccccc3)cc2)cnc1-n1cc(C#N)cn1. The number of hydrogen-bond donors (Lipinski definition) is 1. The van der Waals surface area contributed by atoms with Gasteiger partial charge in [-0.05, 0) is 22.8 Å². The molecule has 2 aromatic heterocycles. The third kappa shape index (κ3) is 4.43. The van der Waals surface area contributed by atoms with Crippen LogP contribution < -0.4 is 10.1 Å². The number of nitrogens with one attached hydrogen (secondary N) is 1. The summed E-state index contributed by atoms with van der Waals surface area (Å²) in [6.45, 7) is 0.392. The highest BCUT2D eigenvalue weighted by molar-refractivity contribution is 5.94. The van der Waals surface area contributed by atoms with Crippen LogP contribution in [0, 0.1) is 11.3 Å². The fourth-order valence-electron chi connectivity index (χ4n) is 3.11. The molecule has 0 aliphatic rings. The predicted molar refractivity (Wildman–Crippen MR) is 116 cm³/mol. The molecule has 0 saturated heterocycles. The molecule has 4 aromatic rings. The zero-order valence-electron chi connectivity index (χ0n) is 16.8. The summed E-state index contributed by atoms with van der Waals surface area (Å²) in [5, 5.41) is 16.0. The topological polar surface area (TPSA) is 92.8 Å². The Balaban J connectivity index is 1.44. The van der Waals surface area contributed by atoms with Crippen molar-refractivity contribution in [3.63, 3.8) is 0 Å². The minimum absolute atomic E-state index is 0.261. The zero-order chi connectivity index (χ0) is 21.6. The van der Waals surface area contributed by atoms with E-state index in [0.717, 1.165) is 16.7 Å². The Labute approximate surface area is 179 Å². The van der Waals surface area contributed by atoms with Gasteiger partial charge in [-0.25, -0.2) is 9.67 Å². The third-order valence-corrected chi connectivity index (χ3v) is 4.76. The lowest BCUT2D eigenvalue weighted by molar-refractivity contribution is 0.0950. The molecular formula is C24H19N5O2. The smallest absolute Gasteiger partial charge is 0.253 e. The monoisotopic (exact) mass is 409 g/mol. The van der Waals surface area contributed by atoms with Crippen molar-refractivity contribution in [2.75, 3.05) is 7.11 Å². The number of nitrogens with zero attached hydrogens (tertiary/aromatic N) is 4. The molecule has 7 nitrogen and oxygen atoms in total. The Morgan fingerprint density at radius 2 is 1.84 bits per heavy atom. The summed E-state index contributed by atoms with van der Waals surface area (Å²) in [6, 6.07) is 21.8. The van der Waals surface area contributed by atoms with Gasteiger partial charge in [0.2, 0.25) is 0 Å². The molecule has 0 bridgehead atoms. The van der Waals surface area contributed by atoms with Crippen LogP contribution in [-0.2, 0) is 6.54 Å². The fourth-order valence-corrected chi connectivity index (χ4v) is 3.11. The maximum absolute atomic E-state index is 12.6. The molecule has 0 saturated carbocycles. The summed E-state index contributed by atoms with van der Waals surface area (Å²) < 4.78 is 6.80. The van der Waals surface area contributed by atoms with Gasteiger partial charge in [0, 0.05) is 12.7 Å². The van der Waals surface area contributed by atoms with Crippen molar-refractivity contribution in [1.29, 1.82) is 5.26 Å². The third-order valence-electron chi connectivity index (χ3n) is 4.76. The van der Waals surface area contributed by atoms with E-state index in [4.69, 9.17) is 10.00 Å². The summed E-state index contributed by atoms with van der Waals surface area (Å²) in [7, 11) is 1.49. The number of pyridine rings is 1. The Morgan fingerprint density at radius 3 is 2.52 bits per heavy atom. The lowest BCUT2D eigenvalue weighted by Crippen LogP contribution is -2.23. The number of ether oxygens (including phenoxy) is 1. The van der Waals surface area contributed by atoms with Crippen molar-refractivity contribution in [1.82, 2.24) is 20.1 Å². The Morgan fingerprint density at radius 1 is 1.10 bits per heavy atom. The Bertz CT molecular complexity index is 1240. The lowest BCUT2D eigenvalue weighted by atomic mass is 10.0. The molecule has 0 atom stereocenters. The first-order chi connectivity index (χ1) is 15.2. The van der Waals surface area contributed by atoms with Gasteiger partial charge in [0.15, 0.2) is 11.6 Å². The minimum Gasteiger partial charge on any atom is -0.493 e. The second-order valence-corrected chi connectivity index (χ2v) is 6.78. The van der Waals surface area contributed by atoms with Crippen LogP contribution in [0.15, 0.2) is 79.3 Å². The van der Waals surface area contributed by atoms with Crippen molar-refractivity contribution >= 4 is 5.91 Å². The second-order valence-electron chi connectivity index (χ2n) is 6.78. The predicted octanol–water partition coefficient (Wildman–Crippen LogP) is 3.74. The Hall–Kier alpha value is -4.44. The molecule has 31 heavy (non-hydrogen) atoms. The summed E-state index contributed by atoms with van der Waals surface area (Å²) >= 11 is 0. The molecule has 2 heterocycles. The normalized spacial score (nSPS) is 10.3. The van der Waals surface area contributed by atoms with Gasteiger partial charge in [-0.3, -0.25) is 4.79 Å². The van der Waals surface area contributed by atoms with Gasteiger partial charge < -0.3 is 10.1 Å². The number of hydrogen-bond acceptors (Lipinski definition) is 5. The van der Waals surface area contributed by atoms with Crippen LogP contribution in [0.1, 0.15) is 21.5 Å². The molecule has 0 radical (unpaired) electrons. The first kappa shape index (κ1) is 19.9. The van der Waals surface area contributed by atoms with Crippen LogP contribution in [0.25, 0.3) is 16.9 Å². The molecule has 0 aliphatic carbocycles. The first-order valence-electron chi connectivity index (χ1n) is 9.59. The first-order valence-corrected chi connectivity index (χ1v) is 9.59. The van der Waals surface area contributed by atoms with E-state index in [9.17, 15) is 4.79 Å². The van der Waals surface area contributed by atoms with Gasteiger partial charge in [0.25, 0.3) is 5.91 Å². The maximum Gasteiger partial charge on any atom is 0.253 e. The second kappa shape index (κ2) is 8.93. The van der Waals surface area contributed by atoms with Gasteiger partial charge >= 0.3 is 0 Å². The number of nitriles is 1. The summed E-state index contributed by atoms with van der Waals surface area (Å²) in [5.74, 6) is 0.521. The lowest BCUT2D eigenvalue weighted by Gasteiger charge is -2.10. The van der Waals surface area contributed by atoms with E-state index in [1.54, 1.807) is 12.3 Å². The number of aromatic nitrogens is 3. The molecule has 4 rings (SSSR count). The summed E-state index contributed by atoms with van der Waals surface area (Å²) in [5.41, 5.74) is 4.04. The van der Waals surface area contributed by atoms with Crippen LogP contribution in [0.2, 0.25) is 0 Å². The quantitative estimate of drug-likeness (QED) is 0.524. The molecule has 1 amide bonds. The Kier molecular flexibility index (Phi) is 5.72. The number of methoxy groups -OCH3 is 1. The molecule has 0 aliphatic heterocycles. The minimum atomic E-state index is -0.261. The average molecular weight is 409 g/mol. The van der Waals surface area contributed by atoms with E-state index in [2.05, 4.69) is 27.5 Å². The van der Waals surface area contributed by atoms with Crippen LogP contribution in [-0.4, -0.2) is 27.8 Å². The maximum atomic E-state index is 12.6. The van der Waals surface area contributed by atoms with Crippen LogP contribution in [0.5, 0.6) is 5.75 Å². The van der Waals surface area contributed by atoms with Crippen LogP contribution in [0.4, 0.5) is 0 Å². The average Bonchev–Trinajstić information content (AvgIpc) is 3.32. The van der Waals surface area contributed by atoms with Crippen molar-refractivity contribution in [3.8, 4) is 28.8 Å². The van der Waals surface area contributed by atoms with Crippen molar-refractivity contribution < 1.29 is 9.53 Å². The molecule has 0 spiro atoms. The number of amides is 1.